The molecule has 1 unspecified atom stereocenters. The molecule has 35 heavy (non-hydrogen) atoms. The van der Waals surface area contributed by atoms with E-state index in [-0.39, 0.29) is 0 Å². The van der Waals surface area contributed by atoms with E-state index in [4.69, 9.17) is 0 Å². The van der Waals surface area contributed by atoms with Crippen LogP contribution in [-0.4, -0.2) is 16.1 Å². The molecule has 0 saturated heterocycles. The van der Waals surface area contributed by atoms with E-state index in [1.165, 1.54) is 145 Å². The van der Waals surface area contributed by atoms with E-state index in [9.17, 15) is 0 Å². The minimum Gasteiger partial charge on any atom is -0.147 e. The molecular weight excluding hydrogens is 460 g/mol. The summed E-state index contributed by atoms with van der Waals surface area (Å²) in [7, 11) is 0. The lowest BCUT2D eigenvalue weighted by atomic mass is 10.0. The molecule has 2 heteroatoms. The second-order valence-corrected chi connectivity index (χ2v) is 13.5. The number of hydrogen-bond donors (Lipinski definition) is 0. The van der Waals surface area contributed by atoms with Gasteiger partial charge in [0.1, 0.15) is 0 Å². The topological polar surface area (TPSA) is 0 Å². The second-order valence-electron chi connectivity index (χ2n) is 10.7. The quantitative estimate of drug-likeness (QED) is 0.0879. The zero-order valence-electron chi connectivity index (χ0n) is 23.9. The van der Waals surface area contributed by atoms with Crippen LogP contribution in [0.2, 0.25) is 0 Å². The fourth-order valence-electron chi connectivity index (χ4n) is 4.83. The molecule has 0 aromatic heterocycles. The van der Waals surface area contributed by atoms with Gasteiger partial charge in [0.2, 0.25) is 0 Å². The molecule has 0 aliphatic carbocycles. The van der Waals surface area contributed by atoms with Gasteiger partial charge in [0.05, 0.1) is 4.58 Å². The maximum Gasteiger partial charge on any atom is 0.0568 e. The molecule has 0 heterocycles. The Kier molecular flexibility index (Phi) is 24.1. The number of thioether (sulfide) groups is 2. The van der Waals surface area contributed by atoms with Crippen LogP contribution in [0.4, 0.5) is 0 Å². The zero-order valence-corrected chi connectivity index (χ0v) is 25.5. The standard InChI is InChI=1S/C33H60S2/c1-4-6-8-10-12-14-16-18-20-25-29-34-33(31(3)32-27-23-22-24-28-32)35-30-26-21-19-17-15-13-11-9-7-5-2/h22-24,27-28,31,33H,4-21,25-26,29-30H2,1-3H3. The number of rotatable bonds is 26. The molecule has 0 fully saturated rings. The van der Waals surface area contributed by atoms with Crippen LogP contribution in [0, 0.1) is 0 Å². The predicted molar refractivity (Wildman–Crippen MR) is 167 cm³/mol. The fourth-order valence-corrected chi connectivity index (χ4v) is 7.89. The average Bonchev–Trinajstić information content (AvgIpc) is 2.89. The lowest BCUT2D eigenvalue weighted by Gasteiger charge is -2.24. The van der Waals surface area contributed by atoms with Crippen molar-refractivity contribution >= 4 is 23.5 Å². The highest BCUT2D eigenvalue weighted by Crippen LogP contribution is 2.37. The molecule has 204 valence electrons. The fraction of sp³-hybridized carbons (Fsp3) is 0.818. The first-order valence-electron chi connectivity index (χ1n) is 15.6. The summed E-state index contributed by atoms with van der Waals surface area (Å²) in [5.74, 6) is 3.31. The van der Waals surface area contributed by atoms with E-state index < -0.39 is 0 Å². The van der Waals surface area contributed by atoms with Gasteiger partial charge >= 0.3 is 0 Å². The Hall–Kier alpha value is -0.0800. The van der Waals surface area contributed by atoms with E-state index in [1.54, 1.807) is 0 Å². The molecule has 0 radical (unpaired) electrons. The van der Waals surface area contributed by atoms with E-state index >= 15 is 0 Å². The zero-order chi connectivity index (χ0) is 25.2. The first kappa shape index (κ1) is 32.9. The van der Waals surface area contributed by atoms with Gasteiger partial charge in [0.25, 0.3) is 0 Å². The Balaban J connectivity index is 2.17. The van der Waals surface area contributed by atoms with E-state index in [2.05, 4.69) is 74.6 Å². The van der Waals surface area contributed by atoms with Gasteiger partial charge in [0.15, 0.2) is 0 Å². The molecule has 1 aromatic carbocycles. The minimum atomic E-state index is 0.637. The Morgan fingerprint density at radius 3 is 1.20 bits per heavy atom. The smallest absolute Gasteiger partial charge is 0.0568 e. The van der Waals surface area contributed by atoms with Gasteiger partial charge < -0.3 is 0 Å². The normalized spacial score (nSPS) is 12.5. The van der Waals surface area contributed by atoms with Crippen LogP contribution < -0.4 is 0 Å². The van der Waals surface area contributed by atoms with Crippen molar-refractivity contribution in [3.63, 3.8) is 0 Å². The van der Waals surface area contributed by atoms with Crippen LogP contribution in [-0.2, 0) is 0 Å². The Labute approximate surface area is 230 Å². The summed E-state index contributed by atoms with van der Waals surface area (Å²) >= 11 is 4.49. The highest BCUT2D eigenvalue weighted by Gasteiger charge is 2.19. The van der Waals surface area contributed by atoms with Crippen molar-refractivity contribution in [3.05, 3.63) is 35.9 Å². The lowest BCUT2D eigenvalue weighted by Crippen LogP contribution is -2.10. The van der Waals surface area contributed by atoms with Crippen LogP contribution in [0.5, 0.6) is 0 Å². The summed E-state index contributed by atoms with van der Waals surface area (Å²) < 4.78 is 0.703. The summed E-state index contributed by atoms with van der Waals surface area (Å²) in [4.78, 5) is 0. The highest BCUT2D eigenvalue weighted by molar-refractivity contribution is 8.17. The van der Waals surface area contributed by atoms with Gasteiger partial charge in [-0.3, -0.25) is 0 Å². The largest absolute Gasteiger partial charge is 0.147 e. The molecule has 0 nitrogen and oxygen atoms in total. The number of benzene rings is 1. The molecule has 1 aromatic rings. The van der Waals surface area contributed by atoms with Gasteiger partial charge in [-0.05, 0) is 29.9 Å². The summed E-state index contributed by atoms with van der Waals surface area (Å²) in [6.07, 6.45) is 28.7. The van der Waals surface area contributed by atoms with Gasteiger partial charge in [-0.1, -0.05) is 167 Å². The van der Waals surface area contributed by atoms with E-state index in [0.29, 0.717) is 10.5 Å². The lowest BCUT2D eigenvalue weighted by molar-refractivity contribution is 0.563. The first-order valence-corrected chi connectivity index (χ1v) is 17.7. The van der Waals surface area contributed by atoms with Crippen molar-refractivity contribution in [2.24, 2.45) is 0 Å². The third-order valence-corrected chi connectivity index (χ3v) is 10.6. The minimum absolute atomic E-state index is 0.637. The van der Waals surface area contributed by atoms with Crippen LogP contribution in [0.1, 0.15) is 161 Å². The molecule has 0 bridgehead atoms. The molecular formula is C33H60S2. The van der Waals surface area contributed by atoms with Crippen molar-refractivity contribution in [2.75, 3.05) is 11.5 Å². The molecule has 1 rings (SSSR count). The molecule has 0 aliphatic heterocycles. The van der Waals surface area contributed by atoms with Crippen molar-refractivity contribution < 1.29 is 0 Å². The maximum atomic E-state index is 2.46. The molecule has 0 N–H and O–H groups in total. The molecule has 0 spiro atoms. The Morgan fingerprint density at radius 2 is 0.829 bits per heavy atom. The van der Waals surface area contributed by atoms with Gasteiger partial charge in [-0.2, -0.15) is 0 Å². The van der Waals surface area contributed by atoms with Crippen LogP contribution in [0.15, 0.2) is 30.3 Å². The molecule has 0 saturated carbocycles. The average molecular weight is 521 g/mol. The Morgan fingerprint density at radius 1 is 0.486 bits per heavy atom. The first-order chi connectivity index (χ1) is 17.3. The third-order valence-electron chi connectivity index (χ3n) is 7.29. The SMILES string of the molecule is CCCCCCCCCCCCSC(SCCCCCCCCCCCC)C(C)c1ccccc1. The van der Waals surface area contributed by atoms with Crippen molar-refractivity contribution in [3.8, 4) is 0 Å². The maximum absolute atomic E-state index is 2.46. The third kappa shape index (κ3) is 19.7. The van der Waals surface area contributed by atoms with Crippen molar-refractivity contribution in [1.82, 2.24) is 0 Å². The van der Waals surface area contributed by atoms with Crippen LogP contribution in [0.3, 0.4) is 0 Å². The van der Waals surface area contributed by atoms with E-state index in [1.807, 2.05) is 0 Å². The summed E-state index contributed by atoms with van der Waals surface area (Å²) in [6, 6.07) is 11.2. The van der Waals surface area contributed by atoms with Crippen LogP contribution in [0.25, 0.3) is 0 Å². The summed E-state index contributed by atoms with van der Waals surface area (Å²) in [5.41, 5.74) is 1.52. The van der Waals surface area contributed by atoms with Gasteiger partial charge in [0, 0.05) is 5.92 Å². The number of hydrogen-bond acceptors (Lipinski definition) is 2. The number of unbranched alkanes of at least 4 members (excludes halogenated alkanes) is 18. The summed E-state index contributed by atoms with van der Waals surface area (Å²) in [6.45, 7) is 7.07. The van der Waals surface area contributed by atoms with Gasteiger partial charge in [-0.15, -0.1) is 23.5 Å². The van der Waals surface area contributed by atoms with E-state index in [0.717, 1.165) is 0 Å². The second kappa shape index (κ2) is 25.6. The van der Waals surface area contributed by atoms with Crippen molar-refractivity contribution in [2.45, 2.75) is 160 Å². The molecule has 1 atom stereocenters. The molecule has 0 aliphatic rings. The summed E-state index contributed by atoms with van der Waals surface area (Å²) in [5, 5.41) is 0. The van der Waals surface area contributed by atoms with Crippen LogP contribution >= 0.6 is 23.5 Å². The highest BCUT2D eigenvalue weighted by atomic mass is 32.2. The van der Waals surface area contributed by atoms with Crippen molar-refractivity contribution in [1.29, 1.82) is 0 Å². The van der Waals surface area contributed by atoms with Gasteiger partial charge in [-0.25, -0.2) is 0 Å². The molecule has 0 amide bonds. The Bertz CT molecular complexity index is 503. The monoisotopic (exact) mass is 520 g/mol. The predicted octanol–water partition coefficient (Wildman–Crippen LogP) is 12.4.